The molecule has 0 atom stereocenters. The van der Waals surface area contributed by atoms with Gasteiger partial charge < -0.3 is 25.7 Å². The van der Waals surface area contributed by atoms with E-state index in [4.69, 9.17) is 33.7 Å². The maximum Gasteiger partial charge on any atom is 0.311 e. The van der Waals surface area contributed by atoms with Crippen molar-refractivity contribution in [2.45, 2.75) is 19.4 Å². The summed E-state index contributed by atoms with van der Waals surface area (Å²) >= 11 is 12.5. The fraction of sp³-hybridized carbons (Fsp3) is 0.385. The second kappa shape index (κ2) is 13.6. The van der Waals surface area contributed by atoms with Gasteiger partial charge in [-0.15, -0.1) is 0 Å². The number of aryl methyl sites for hydroxylation is 1. The number of benzene rings is 1. The fourth-order valence-electron chi connectivity index (χ4n) is 4.36. The molecule has 0 bridgehead atoms. The molecular weight excluding hydrogens is 545 g/mol. The highest BCUT2D eigenvalue weighted by molar-refractivity contribution is 6.36. The van der Waals surface area contributed by atoms with Crippen LogP contribution in [0.25, 0.3) is 11.1 Å². The van der Waals surface area contributed by atoms with Gasteiger partial charge in [-0.2, -0.15) is 0 Å². The molecule has 1 aliphatic rings. The van der Waals surface area contributed by atoms with Crippen molar-refractivity contribution >= 4 is 46.4 Å². The molecule has 4 N–H and O–H groups in total. The molecule has 0 spiro atoms. The molecule has 1 aromatic carbocycles. The van der Waals surface area contributed by atoms with Crippen molar-refractivity contribution in [2.24, 2.45) is 0 Å². The third kappa shape index (κ3) is 7.82. The predicted molar refractivity (Wildman–Crippen MR) is 153 cm³/mol. The van der Waals surface area contributed by atoms with Crippen LogP contribution >= 0.6 is 23.2 Å². The van der Waals surface area contributed by atoms with E-state index in [1.165, 1.54) is 12.1 Å². The normalized spacial score (nSPS) is 13.8. The van der Waals surface area contributed by atoms with Crippen molar-refractivity contribution in [3.05, 3.63) is 68.4 Å². The quantitative estimate of drug-likeness (QED) is 0.165. The van der Waals surface area contributed by atoms with Crippen LogP contribution in [0.4, 0.5) is 17.3 Å². The first-order valence-electron chi connectivity index (χ1n) is 12.7. The maximum absolute atomic E-state index is 13.2. The Kier molecular flexibility index (Phi) is 9.99. The second-order valence-corrected chi connectivity index (χ2v) is 9.98. The minimum Gasteiger partial charge on any atom is -0.379 e. The number of amides is 1. The number of hydrogen-bond donors (Lipinski definition) is 3. The van der Waals surface area contributed by atoms with E-state index in [1.807, 2.05) is 22.9 Å². The molecule has 1 aliphatic heterocycles. The Morgan fingerprint density at radius 1 is 1.10 bits per heavy atom. The Balaban J connectivity index is 1.40. The Bertz CT molecular complexity index is 1310. The summed E-state index contributed by atoms with van der Waals surface area (Å²) in [6.45, 7) is 5.85. The summed E-state index contributed by atoms with van der Waals surface area (Å²) in [6, 6.07) is 9.94. The third-order valence-corrected chi connectivity index (χ3v) is 6.94. The topological polar surface area (TPSA) is 141 Å². The van der Waals surface area contributed by atoms with Gasteiger partial charge >= 0.3 is 5.69 Å². The van der Waals surface area contributed by atoms with Crippen molar-refractivity contribution in [3.63, 3.8) is 0 Å². The lowest BCUT2D eigenvalue weighted by Crippen LogP contribution is -2.38. The zero-order valence-corrected chi connectivity index (χ0v) is 22.9. The molecule has 4 rings (SSSR count). The highest BCUT2D eigenvalue weighted by Crippen LogP contribution is 2.32. The summed E-state index contributed by atoms with van der Waals surface area (Å²) < 4.78 is 7.28. The second-order valence-electron chi connectivity index (χ2n) is 9.13. The zero-order valence-electron chi connectivity index (χ0n) is 21.4. The number of rotatable bonds is 12. The number of halogens is 2. The van der Waals surface area contributed by atoms with E-state index in [0.717, 1.165) is 50.4 Å². The highest BCUT2D eigenvalue weighted by Gasteiger charge is 2.17. The van der Waals surface area contributed by atoms with E-state index in [9.17, 15) is 14.9 Å². The van der Waals surface area contributed by atoms with Gasteiger partial charge in [0.25, 0.3) is 5.91 Å². The van der Waals surface area contributed by atoms with Crippen LogP contribution in [0.15, 0.2) is 42.6 Å². The molecule has 0 saturated carbocycles. The molecule has 13 heteroatoms. The molecule has 1 saturated heterocycles. The number of ether oxygens (including phenoxy) is 1. The van der Waals surface area contributed by atoms with Gasteiger partial charge in [0.05, 0.1) is 18.1 Å². The summed E-state index contributed by atoms with van der Waals surface area (Å²) in [6.07, 6.45) is 3.40. The third-order valence-electron chi connectivity index (χ3n) is 6.39. The molecule has 11 nitrogen and oxygen atoms in total. The molecule has 0 radical (unpaired) electrons. The Hall–Kier alpha value is -3.38. The zero-order chi connectivity index (χ0) is 27.8. The first kappa shape index (κ1) is 28.6. The van der Waals surface area contributed by atoms with Gasteiger partial charge in [-0.3, -0.25) is 19.8 Å². The lowest BCUT2D eigenvalue weighted by atomic mass is 10.1. The molecule has 3 heterocycles. The lowest BCUT2D eigenvalue weighted by molar-refractivity contribution is -0.384. The van der Waals surface area contributed by atoms with Crippen molar-refractivity contribution in [1.82, 2.24) is 19.8 Å². The standard InChI is InChI=1S/C26H31Cl2N7O4/c27-19-3-4-20(21(28)16-19)18-15-23(26(36)31-8-1-9-33-11-13-39-14-12-33)34(17-18)10-2-7-30-24-6-5-22(35(37)38)25(29)32-24/h3-6,15-17H,1-2,7-14H2,(H,31,36)(H3,29,30,32). The monoisotopic (exact) mass is 575 g/mol. The van der Waals surface area contributed by atoms with Gasteiger partial charge in [0.1, 0.15) is 11.5 Å². The summed E-state index contributed by atoms with van der Waals surface area (Å²) in [5.41, 5.74) is 7.56. The van der Waals surface area contributed by atoms with E-state index < -0.39 is 4.92 Å². The number of carbonyl (C=O) groups excluding carboxylic acids is 1. The van der Waals surface area contributed by atoms with E-state index >= 15 is 0 Å². The molecule has 0 aliphatic carbocycles. The van der Waals surface area contributed by atoms with E-state index in [-0.39, 0.29) is 17.4 Å². The molecule has 1 fully saturated rings. The number of anilines is 2. The molecule has 39 heavy (non-hydrogen) atoms. The first-order chi connectivity index (χ1) is 18.8. The summed E-state index contributed by atoms with van der Waals surface area (Å²) in [5, 5.41) is 18.1. The SMILES string of the molecule is Nc1nc(NCCCn2cc(-c3ccc(Cl)cc3Cl)cc2C(=O)NCCCN2CCOCC2)ccc1[N+](=O)[O-]. The van der Waals surface area contributed by atoms with Crippen LogP contribution in [-0.2, 0) is 11.3 Å². The Morgan fingerprint density at radius 2 is 1.87 bits per heavy atom. The minimum atomic E-state index is -0.572. The maximum atomic E-state index is 13.2. The molecule has 0 unspecified atom stereocenters. The number of nitrogen functional groups attached to an aromatic ring is 1. The largest absolute Gasteiger partial charge is 0.379 e. The van der Waals surface area contributed by atoms with Crippen LogP contribution in [0.2, 0.25) is 10.0 Å². The van der Waals surface area contributed by atoms with Crippen LogP contribution in [0.5, 0.6) is 0 Å². The van der Waals surface area contributed by atoms with Crippen LogP contribution in [0, 0.1) is 10.1 Å². The molecule has 1 amide bonds. The van der Waals surface area contributed by atoms with Gasteiger partial charge in [0.2, 0.25) is 5.82 Å². The molecular formula is C26H31Cl2N7O4. The molecule has 2 aromatic heterocycles. The average Bonchev–Trinajstić information content (AvgIpc) is 3.33. The lowest BCUT2D eigenvalue weighted by Gasteiger charge is -2.26. The van der Waals surface area contributed by atoms with Crippen LogP contribution < -0.4 is 16.4 Å². The van der Waals surface area contributed by atoms with Gasteiger partial charge in [0.15, 0.2) is 0 Å². The smallest absolute Gasteiger partial charge is 0.311 e. The van der Waals surface area contributed by atoms with Crippen molar-refractivity contribution in [2.75, 3.05) is 57.0 Å². The Labute approximate surface area is 236 Å². The number of hydrogen-bond acceptors (Lipinski definition) is 8. The van der Waals surface area contributed by atoms with Gasteiger partial charge in [-0.25, -0.2) is 4.98 Å². The number of nitro groups is 1. The van der Waals surface area contributed by atoms with Crippen LogP contribution in [0.1, 0.15) is 23.3 Å². The molecule has 3 aromatic rings. The number of nitrogens with zero attached hydrogens (tertiary/aromatic N) is 4. The Morgan fingerprint density at radius 3 is 2.59 bits per heavy atom. The van der Waals surface area contributed by atoms with Crippen LogP contribution in [0.3, 0.4) is 0 Å². The van der Waals surface area contributed by atoms with Crippen LogP contribution in [-0.4, -0.2) is 71.2 Å². The predicted octanol–water partition coefficient (Wildman–Crippen LogP) is 4.30. The number of carbonyl (C=O) groups is 1. The van der Waals surface area contributed by atoms with E-state index in [0.29, 0.717) is 47.6 Å². The summed E-state index contributed by atoms with van der Waals surface area (Å²) in [4.78, 5) is 29.9. The fourth-order valence-corrected chi connectivity index (χ4v) is 4.88. The van der Waals surface area contributed by atoms with Crippen molar-refractivity contribution in [1.29, 1.82) is 0 Å². The molecule has 208 valence electrons. The first-order valence-corrected chi connectivity index (χ1v) is 13.5. The average molecular weight is 576 g/mol. The number of nitrogens with one attached hydrogen (secondary N) is 2. The van der Waals surface area contributed by atoms with Gasteiger partial charge in [0, 0.05) is 66.2 Å². The minimum absolute atomic E-state index is 0.146. The van der Waals surface area contributed by atoms with E-state index in [1.54, 1.807) is 12.1 Å². The van der Waals surface area contributed by atoms with Crippen molar-refractivity contribution in [3.8, 4) is 11.1 Å². The van der Waals surface area contributed by atoms with Crippen molar-refractivity contribution < 1.29 is 14.5 Å². The number of aromatic nitrogens is 2. The highest BCUT2D eigenvalue weighted by atomic mass is 35.5. The number of pyridine rings is 1. The van der Waals surface area contributed by atoms with Gasteiger partial charge in [-0.05, 0) is 43.7 Å². The number of morpholine rings is 1. The summed E-state index contributed by atoms with van der Waals surface area (Å²) in [7, 11) is 0. The summed E-state index contributed by atoms with van der Waals surface area (Å²) in [5.74, 6) is 0.135. The van der Waals surface area contributed by atoms with Gasteiger partial charge in [-0.1, -0.05) is 29.3 Å². The van der Waals surface area contributed by atoms with E-state index in [2.05, 4.69) is 20.5 Å². The number of nitrogens with two attached hydrogens (primary N) is 1.